The van der Waals surface area contributed by atoms with E-state index >= 15 is 0 Å². The van der Waals surface area contributed by atoms with Crippen LogP contribution in [0.25, 0.3) is 22.0 Å². The smallest absolute Gasteiger partial charge is 0.148 e. The van der Waals surface area contributed by atoms with Crippen LogP contribution in [0.4, 0.5) is 0 Å². The highest BCUT2D eigenvalue weighted by atomic mass is 16.5. The highest BCUT2D eigenvalue weighted by Gasteiger charge is 2.14. The standard InChI is InChI=1S/C17H15NO/c1-12-17(19-2)16(13-8-4-3-5-9-13)14-10-6-7-11-15(14)18-12/h3-11H,1-2H3. The molecule has 3 rings (SSSR count). The normalized spacial score (nSPS) is 10.6. The van der Waals surface area contributed by atoms with Crippen molar-refractivity contribution in [2.75, 3.05) is 7.11 Å². The maximum Gasteiger partial charge on any atom is 0.148 e. The van der Waals surface area contributed by atoms with Crippen molar-refractivity contribution in [2.24, 2.45) is 0 Å². The van der Waals surface area contributed by atoms with Crippen molar-refractivity contribution in [2.45, 2.75) is 6.92 Å². The number of hydrogen-bond donors (Lipinski definition) is 0. The Morgan fingerprint density at radius 3 is 2.32 bits per heavy atom. The quantitative estimate of drug-likeness (QED) is 0.678. The first kappa shape index (κ1) is 11.7. The molecule has 0 N–H and O–H groups in total. The zero-order valence-corrected chi connectivity index (χ0v) is 11.1. The summed E-state index contributed by atoms with van der Waals surface area (Å²) in [6.07, 6.45) is 0. The summed E-state index contributed by atoms with van der Waals surface area (Å²) in [5.74, 6) is 0.852. The Kier molecular flexibility index (Phi) is 2.92. The fourth-order valence-electron chi connectivity index (χ4n) is 2.46. The fourth-order valence-corrected chi connectivity index (χ4v) is 2.46. The molecule has 2 aromatic carbocycles. The van der Waals surface area contributed by atoms with Crippen LogP contribution in [-0.4, -0.2) is 12.1 Å². The van der Waals surface area contributed by atoms with E-state index in [1.54, 1.807) is 7.11 Å². The molecule has 3 aromatic rings. The predicted molar refractivity (Wildman–Crippen MR) is 78.5 cm³/mol. The Bertz CT molecular complexity index is 720. The van der Waals surface area contributed by atoms with Gasteiger partial charge in [0.2, 0.25) is 0 Å². The van der Waals surface area contributed by atoms with Crippen molar-refractivity contribution in [1.29, 1.82) is 0 Å². The van der Waals surface area contributed by atoms with Crippen molar-refractivity contribution in [3.05, 3.63) is 60.3 Å². The lowest BCUT2D eigenvalue weighted by Crippen LogP contribution is -1.96. The van der Waals surface area contributed by atoms with Crippen LogP contribution in [0.3, 0.4) is 0 Å². The molecule has 2 nitrogen and oxygen atoms in total. The van der Waals surface area contributed by atoms with Crippen LogP contribution >= 0.6 is 0 Å². The van der Waals surface area contributed by atoms with Gasteiger partial charge in [-0.2, -0.15) is 0 Å². The molecule has 0 aliphatic heterocycles. The average molecular weight is 249 g/mol. The van der Waals surface area contributed by atoms with E-state index in [0.29, 0.717) is 0 Å². The first-order valence-electron chi connectivity index (χ1n) is 6.30. The van der Waals surface area contributed by atoms with Crippen LogP contribution in [0.1, 0.15) is 5.69 Å². The number of rotatable bonds is 2. The molecule has 0 saturated carbocycles. The summed E-state index contributed by atoms with van der Waals surface area (Å²) in [7, 11) is 1.70. The molecule has 2 heteroatoms. The van der Waals surface area contributed by atoms with E-state index in [2.05, 4.69) is 23.2 Å². The largest absolute Gasteiger partial charge is 0.494 e. The SMILES string of the molecule is COc1c(C)nc2ccccc2c1-c1ccccc1. The minimum absolute atomic E-state index is 0.852. The molecule has 0 atom stereocenters. The van der Waals surface area contributed by atoms with Crippen LogP contribution in [0.2, 0.25) is 0 Å². The first-order valence-corrected chi connectivity index (χ1v) is 6.30. The summed E-state index contributed by atoms with van der Waals surface area (Å²) in [4.78, 5) is 4.61. The van der Waals surface area contributed by atoms with E-state index < -0.39 is 0 Å². The van der Waals surface area contributed by atoms with Gasteiger partial charge in [0.15, 0.2) is 0 Å². The topological polar surface area (TPSA) is 22.1 Å². The van der Waals surface area contributed by atoms with Gasteiger partial charge in [0.1, 0.15) is 5.75 Å². The summed E-state index contributed by atoms with van der Waals surface area (Å²) in [6.45, 7) is 1.98. The molecule has 0 saturated heterocycles. The molecule has 0 unspecified atom stereocenters. The molecule has 0 amide bonds. The Morgan fingerprint density at radius 2 is 1.58 bits per heavy atom. The minimum Gasteiger partial charge on any atom is -0.494 e. The lowest BCUT2D eigenvalue weighted by atomic mass is 9.99. The van der Waals surface area contributed by atoms with Crippen molar-refractivity contribution in [3.63, 3.8) is 0 Å². The number of hydrogen-bond acceptors (Lipinski definition) is 2. The summed E-state index contributed by atoms with van der Waals surface area (Å²) < 4.78 is 5.58. The molecule has 0 bridgehead atoms. The van der Waals surface area contributed by atoms with E-state index in [9.17, 15) is 0 Å². The molecule has 0 aliphatic rings. The molecular formula is C17H15NO. The van der Waals surface area contributed by atoms with Crippen molar-refractivity contribution < 1.29 is 4.74 Å². The van der Waals surface area contributed by atoms with Gasteiger partial charge in [0, 0.05) is 10.9 Å². The van der Waals surface area contributed by atoms with Crippen LogP contribution in [0.15, 0.2) is 54.6 Å². The molecular weight excluding hydrogens is 234 g/mol. The van der Waals surface area contributed by atoms with E-state index in [1.807, 2.05) is 43.3 Å². The molecule has 1 heterocycles. The molecule has 0 aliphatic carbocycles. The lowest BCUT2D eigenvalue weighted by Gasteiger charge is -2.14. The van der Waals surface area contributed by atoms with Crippen molar-refractivity contribution in [3.8, 4) is 16.9 Å². The second-order valence-electron chi connectivity index (χ2n) is 4.49. The number of pyridine rings is 1. The van der Waals surface area contributed by atoms with E-state index in [-0.39, 0.29) is 0 Å². The Morgan fingerprint density at radius 1 is 0.895 bits per heavy atom. The number of benzene rings is 2. The Labute approximate surface area is 112 Å². The molecule has 19 heavy (non-hydrogen) atoms. The van der Waals surface area contributed by atoms with Gasteiger partial charge in [-0.1, -0.05) is 48.5 Å². The fraction of sp³-hybridized carbons (Fsp3) is 0.118. The van der Waals surface area contributed by atoms with Gasteiger partial charge in [-0.15, -0.1) is 0 Å². The molecule has 0 fully saturated rings. The number of methoxy groups -OCH3 is 1. The van der Waals surface area contributed by atoms with E-state index in [0.717, 1.165) is 33.5 Å². The van der Waals surface area contributed by atoms with Gasteiger partial charge in [-0.3, -0.25) is 0 Å². The minimum atomic E-state index is 0.852. The molecule has 0 radical (unpaired) electrons. The zero-order chi connectivity index (χ0) is 13.2. The third-order valence-corrected chi connectivity index (χ3v) is 3.28. The first-order chi connectivity index (χ1) is 9.31. The summed E-state index contributed by atoms with van der Waals surface area (Å²) in [5, 5.41) is 1.12. The van der Waals surface area contributed by atoms with Gasteiger partial charge < -0.3 is 4.74 Å². The van der Waals surface area contributed by atoms with Gasteiger partial charge in [0.05, 0.1) is 18.3 Å². The number of para-hydroxylation sites is 1. The Hall–Kier alpha value is -2.35. The maximum atomic E-state index is 5.58. The third kappa shape index (κ3) is 1.95. The van der Waals surface area contributed by atoms with Crippen LogP contribution in [0.5, 0.6) is 5.75 Å². The second kappa shape index (κ2) is 4.73. The molecule has 94 valence electrons. The van der Waals surface area contributed by atoms with Gasteiger partial charge in [-0.05, 0) is 18.6 Å². The van der Waals surface area contributed by atoms with Crippen LogP contribution in [0, 0.1) is 6.92 Å². The molecule has 1 aromatic heterocycles. The monoisotopic (exact) mass is 249 g/mol. The highest BCUT2D eigenvalue weighted by molar-refractivity contribution is 5.98. The number of nitrogens with zero attached hydrogens (tertiary/aromatic N) is 1. The van der Waals surface area contributed by atoms with Crippen molar-refractivity contribution in [1.82, 2.24) is 4.98 Å². The summed E-state index contributed by atoms with van der Waals surface area (Å²) >= 11 is 0. The highest BCUT2D eigenvalue weighted by Crippen LogP contribution is 2.37. The average Bonchev–Trinajstić information content (AvgIpc) is 2.46. The maximum absolute atomic E-state index is 5.58. The summed E-state index contributed by atoms with van der Waals surface area (Å²) in [5.41, 5.74) is 4.19. The second-order valence-corrected chi connectivity index (χ2v) is 4.49. The van der Waals surface area contributed by atoms with Gasteiger partial charge in [-0.25, -0.2) is 4.98 Å². The predicted octanol–water partition coefficient (Wildman–Crippen LogP) is 4.22. The van der Waals surface area contributed by atoms with Gasteiger partial charge >= 0.3 is 0 Å². The van der Waals surface area contributed by atoms with Crippen LogP contribution in [-0.2, 0) is 0 Å². The number of aryl methyl sites for hydroxylation is 1. The van der Waals surface area contributed by atoms with E-state index in [1.165, 1.54) is 0 Å². The Balaban J connectivity index is 2.43. The van der Waals surface area contributed by atoms with E-state index in [4.69, 9.17) is 4.74 Å². The molecule has 0 spiro atoms. The lowest BCUT2D eigenvalue weighted by molar-refractivity contribution is 0.412. The van der Waals surface area contributed by atoms with Gasteiger partial charge in [0.25, 0.3) is 0 Å². The summed E-state index contributed by atoms with van der Waals surface area (Å²) in [6, 6.07) is 18.5. The zero-order valence-electron chi connectivity index (χ0n) is 11.1. The number of aromatic nitrogens is 1. The third-order valence-electron chi connectivity index (χ3n) is 3.28. The number of ether oxygens (including phenoxy) is 1. The van der Waals surface area contributed by atoms with Crippen molar-refractivity contribution >= 4 is 10.9 Å². The number of fused-ring (bicyclic) bond motifs is 1. The van der Waals surface area contributed by atoms with Crippen LogP contribution < -0.4 is 4.74 Å².